The van der Waals surface area contributed by atoms with Crippen molar-refractivity contribution in [2.45, 2.75) is 18.1 Å². The molecule has 2 N–H and O–H groups in total. The van der Waals surface area contributed by atoms with Gasteiger partial charge in [0.05, 0.1) is 17.8 Å². The predicted molar refractivity (Wildman–Crippen MR) is 79.0 cm³/mol. The number of hydrogen-bond acceptors (Lipinski definition) is 5. The highest BCUT2D eigenvalue weighted by Crippen LogP contribution is 2.16. The molecule has 2 aromatic heterocycles. The van der Waals surface area contributed by atoms with E-state index in [4.69, 9.17) is 17.3 Å². The van der Waals surface area contributed by atoms with E-state index >= 15 is 0 Å². The summed E-state index contributed by atoms with van der Waals surface area (Å²) < 4.78 is 3.79. The standard InChI is InChI=1S/C10H15ClN6S.ClH/c1-16-9(2-3-12)14-15-10(16)18-5-4-17-7-8(11)6-13-17;/h6-7H,2-5,12H2,1H3;1H. The lowest BCUT2D eigenvalue weighted by molar-refractivity contribution is 0.663. The Morgan fingerprint density at radius 1 is 1.42 bits per heavy atom. The van der Waals surface area contributed by atoms with E-state index in [2.05, 4.69) is 15.3 Å². The third kappa shape index (κ3) is 4.38. The molecule has 2 heterocycles. The maximum absolute atomic E-state index is 5.79. The fraction of sp³-hybridized carbons (Fsp3) is 0.500. The summed E-state index contributed by atoms with van der Waals surface area (Å²) in [6, 6.07) is 0. The molecule has 0 aromatic carbocycles. The molecule has 0 radical (unpaired) electrons. The van der Waals surface area contributed by atoms with Gasteiger partial charge in [0.25, 0.3) is 0 Å². The quantitative estimate of drug-likeness (QED) is 0.813. The highest BCUT2D eigenvalue weighted by atomic mass is 35.5. The molecular weight excluding hydrogens is 307 g/mol. The van der Waals surface area contributed by atoms with Gasteiger partial charge in [0.1, 0.15) is 5.82 Å². The van der Waals surface area contributed by atoms with E-state index in [0.29, 0.717) is 11.6 Å². The van der Waals surface area contributed by atoms with Gasteiger partial charge in [0, 0.05) is 25.4 Å². The zero-order valence-corrected chi connectivity index (χ0v) is 12.9. The zero-order chi connectivity index (χ0) is 13.0. The molecule has 6 nitrogen and oxygen atoms in total. The Kier molecular flexibility index (Phi) is 6.64. The molecule has 0 aliphatic carbocycles. The molecule has 0 aliphatic heterocycles. The summed E-state index contributed by atoms with van der Waals surface area (Å²) >= 11 is 7.43. The summed E-state index contributed by atoms with van der Waals surface area (Å²) in [5.74, 6) is 1.79. The lowest BCUT2D eigenvalue weighted by atomic mass is 10.4. The van der Waals surface area contributed by atoms with Crippen LogP contribution >= 0.6 is 35.8 Å². The van der Waals surface area contributed by atoms with Crippen molar-refractivity contribution >= 4 is 35.8 Å². The van der Waals surface area contributed by atoms with Crippen molar-refractivity contribution in [3.63, 3.8) is 0 Å². The van der Waals surface area contributed by atoms with Crippen molar-refractivity contribution in [1.29, 1.82) is 0 Å². The largest absolute Gasteiger partial charge is 0.330 e. The van der Waals surface area contributed by atoms with Gasteiger partial charge in [-0.05, 0) is 6.54 Å². The summed E-state index contributed by atoms with van der Waals surface area (Å²) in [6.45, 7) is 1.37. The molecule has 106 valence electrons. The molecule has 0 spiro atoms. The molecule has 9 heteroatoms. The van der Waals surface area contributed by atoms with E-state index in [1.165, 1.54) is 0 Å². The van der Waals surface area contributed by atoms with E-state index in [1.54, 1.807) is 24.2 Å². The first-order valence-corrected chi connectivity index (χ1v) is 6.96. The SMILES string of the molecule is Cl.Cn1c(CCN)nnc1SCCn1cc(Cl)cn1. The van der Waals surface area contributed by atoms with Gasteiger partial charge < -0.3 is 10.3 Å². The third-order valence-corrected chi connectivity index (χ3v) is 3.64. The van der Waals surface area contributed by atoms with E-state index in [0.717, 1.165) is 29.7 Å². The molecule has 19 heavy (non-hydrogen) atoms. The maximum atomic E-state index is 5.79. The van der Waals surface area contributed by atoms with Gasteiger partial charge in [-0.3, -0.25) is 4.68 Å². The van der Waals surface area contributed by atoms with Gasteiger partial charge in [-0.25, -0.2) is 0 Å². The molecule has 0 unspecified atom stereocenters. The highest BCUT2D eigenvalue weighted by Gasteiger charge is 2.08. The van der Waals surface area contributed by atoms with Crippen LogP contribution in [0.4, 0.5) is 0 Å². The van der Waals surface area contributed by atoms with Gasteiger partial charge in [0.15, 0.2) is 5.16 Å². The van der Waals surface area contributed by atoms with Gasteiger partial charge in [0.2, 0.25) is 0 Å². The number of thioether (sulfide) groups is 1. The number of halogens is 2. The first kappa shape index (κ1) is 16.3. The summed E-state index contributed by atoms with van der Waals surface area (Å²) in [6.07, 6.45) is 4.19. The number of hydrogen-bond donors (Lipinski definition) is 1. The fourth-order valence-corrected chi connectivity index (χ4v) is 2.52. The van der Waals surface area contributed by atoms with Crippen LogP contribution in [-0.2, 0) is 20.0 Å². The van der Waals surface area contributed by atoms with E-state index in [1.807, 2.05) is 16.3 Å². The van der Waals surface area contributed by atoms with Crippen LogP contribution < -0.4 is 5.73 Å². The Morgan fingerprint density at radius 3 is 2.84 bits per heavy atom. The molecular formula is C10H16Cl2N6S. The average molecular weight is 323 g/mol. The first-order chi connectivity index (χ1) is 8.70. The normalized spacial score (nSPS) is 10.5. The fourth-order valence-electron chi connectivity index (χ4n) is 1.51. The molecule has 0 aliphatic rings. The summed E-state index contributed by atoms with van der Waals surface area (Å²) in [7, 11) is 1.96. The number of aromatic nitrogens is 5. The van der Waals surface area contributed by atoms with Gasteiger partial charge >= 0.3 is 0 Å². The van der Waals surface area contributed by atoms with Crippen LogP contribution in [0.1, 0.15) is 5.82 Å². The lowest BCUT2D eigenvalue weighted by Crippen LogP contribution is -2.08. The van der Waals surface area contributed by atoms with Crippen LogP contribution in [0.3, 0.4) is 0 Å². The van der Waals surface area contributed by atoms with Crippen molar-refractivity contribution in [1.82, 2.24) is 24.5 Å². The molecule has 0 bridgehead atoms. The van der Waals surface area contributed by atoms with Gasteiger partial charge in [-0.2, -0.15) is 5.10 Å². The van der Waals surface area contributed by atoms with Crippen LogP contribution in [0.25, 0.3) is 0 Å². The number of nitrogens with zero attached hydrogens (tertiary/aromatic N) is 5. The summed E-state index contributed by atoms with van der Waals surface area (Å²) in [4.78, 5) is 0. The summed E-state index contributed by atoms with van der Waals surface area (Å²) in [5, 5.41) is 13.9. The molecule has 0 saturated heterocycles. The Labute approximate surface area is 127 Å². The van der Waals surface area contributed by atoms with Crippen molar-refractivity contribution in [2.75, 3.05) is 12.3 Å². The topological polar surface area (TPSA) is 74.6 Å². The minimum absolute atomic E-state index is 0. The lowest BCUT2D eigenvalue weighted by Gasteiger charge is -2.03. The second-order valence-electron chi connectivity index (χ2n) is 3.77. The maximum Gasteiger partial charge on any atom is 0.191 e. The number of rotatable bonds is 6. The molecule has 2 aromatic rings. The predicted octanol–water partition coefficient (Wildman–Crippen LogP) is 1.38. The van der Waals surface area contributed by atoms with Crippen molar-refractivity contribution in [3.05, 3.63) is 23.2 Å². The van der Waals surface area contributed by atoms with E-state index in [9.17, 15) is 0 Å². The number of aryl methyl sites for hydroxylation is 1. The Balaban J connectivity index is 0.00000180. The average Bonchev–Trinajstić information content (AvgIpc) is 2.90. The van der Waals surface area contributed by atoms with Crippen LogP contribution in [0, 0.1) is 0 Å². The molecule has 0 saturated carbocycles. The van der Waals surface area contributed by atoms with Gasteiger partial charge in [-0.1, -0.05) is 23.4 Å². The van der Waals surface area contributed by atoms with Crippen LogP contribution in [-0.4, -0.2) is 36.8 Å². The summed E-state index contributed by atoms with van der Waals surface area (Å²) in [5.41, 5.74) is 5.51. The van der Waals surface area contributed by atoms with Crippen molar-refractivity contribution in [3.8, 4) is 0 Å². The molecule has 0 atom stereocenters. The van der Waals surface area contributed by atoms with Crippen LogP contribution in [0.5, 0.6) is 0 Å². The van der Waals surface area contributed by atoms with E-state index in [-0.39, 0.29) is 12.4 Å². The number of nitrogens with two attached hydrogens (primary N) is 1. The van der Waals surface area contributed by atoms with Crippen molar-refractivity contribution < 1.29 is 0 Å². The Bertz CT molecular complexity index is 512. The first-order valence-electron chi connectivity index (χ1n) is 5.60. The minimum Gasteiger partial charge on any atom is -0.330 e. The van der Waals surface area contributed by atoms with Crippen molar-refractivity contribution in [2.24, 2.45) is 12.8 Å². The van der Waals surface area contributed by atoms with Crippen LogP contribution in [0.2, 0.25) is 5.02 Å². The molecule has 0 amide bonds. The zero-order valence-electron chi connectivity index (χ0n) is 10.5. The smallest absolute Gasteiger partial charge is 0.191 e. The second-order valence-corrected chi connectivity index (χ2v) is 5.27. The van der Waals surface area contributed by atoms with Crippen LogP contribution in [0.15, 0.2) is 17.6 Å². The van der Waals surface area contributed by atoms with E-state index < -0.39 is 0 Å². The molecule has 2 rings (SSSR count). The minimum atomic E-state index is 0. The highest BCUT2D eigenvalue weighted by molar-refractivity contribution is 7.99. The third-order valence-electron chi connectivity index (χ3n) is 2.45. The Hall–Kier alpha value is -0.760. The second kappa shape index (κ2) is 7.74. The Morgan fingerprint density at radius 2 is 2.21 bits per heavy atom. The molecule has 0 fully saturated rings. The van der Waals surface area contributed by atoms with Gasteiger partial charge in [-0.15, -0.1) is 22.6 Å². The monoisotopic (exact) mass is 322 g/mol.